The van der Waals surface area contributed by atoms with Gasteiger partial charge in [0, 0.05) is 5.69 Å². The van der Waals surface area contributed by atoms with Crippen LogP contribution in [0.3, 0.4) is 0 Å². The lowest BCUT2D eigenvalue weighted by Crippen LogP contribution is -2.27. The van der Waals surface area contributed by atoms with Crippen LogP contribution in [0.2, 0.25) is 0 Å². The maximum atomic E-state index is 13.0. The van der Waals surface area contributed by atoms with Crippen molar-refractivity contribution in [1.29, 1.82) is 0 Å². The number of carbonyl (C=O) groups excluding carboxylic acids is 1. The molecule has 1 amide bonds. The van der Waals surface area contributed by atoms with E-state index in [-0.39, 0.29) is 11.8 Å². The van der Waals surface area contributed by atoms with Crippen LogP contribution in [0.25, 0.3) is 0 Å². The van der Waals surface area contributed by atoms with Gasteiger partial charge >= 0.3 is 0 Å². The summed E-state index contributed by atoms with van der Waals surface area (Å²) in [5.74, 6) is 0.270. The molecule has 0 radical (unpaired) electrons. The summed E-state index contributed by atoms with van der Waals surface area (Å²) in [6, 6.07) is 16.3. The number of nitrogens with one attached hydrogen (secondary N) is 1. The lowest BCUT2D eigenvalue weighted by Gasteiger charge is -2.24. The number of hydrogen-bond acceptors (Lipinski definition) is 1. The first-order valence-electron chi connectivity index (χ1n) is 8.52. The first-order chi connectivity index (χ1) is 11.1. The van der Waals surface area contributed by atoms with Crippen LogP contribution in [0.1, 0.15) is 49.8 Å². The van der Waals surface area contributed by atoms with Crippen LogP contribution in [0.4, 0.5) is 5.69 Å². The standard InChI is InChI=1S/C21H27NO/c1-5-15(3)19(18-12-8-7-9-13-18)21(23)22-20-16(4)11-10-14-17(20)6-2/h7-15,19H,5-6H2,1-4H3,(H,22,23)/t15-,19+/m1/s1. The Kier molecular flexibility index (Phi) is 5.97. The van der Waals surface area contributed by atoms with E-state index in [0.717, 1.165) is 29.7 Å². The lowest BCUT2D eigenvalue weighted by atomic mass is 9.84. The second-order valence-electron chi connectivity index (χ2n) is 6.23. The molecule has 2 atom stereocenters. The number of benzene rings is 2. The highest BCUT2D eigenvalue weighted by atomic mass is 16.1. The van der Waals surface area contributed by atoms with Crippen molar-refractivity contribution < 1.29 is 4.79 Å². The molecule has 2 nitrogen and oxygen atoms in total. The second-order valence-corrected chi connectivity index (χ2v) is 6.23. The number of amides is 1. The van der Waals surface area contributed by atoms with Gasteiger partial charge in [0.2, 0.25) is 5.91 Å². The van der Waals surface area contributed by atoms with Gasteiger partial charge in [-0.1, -0.05) is 75.7 Å². The molecule has 2 aromatic carbocycles. The van der Waals surface area contributed by atoms with E-state index in [0.29, 0.717) is 5.92 Å². The number of aryl methyl sites for hydroxylation is 2. The molecular formula is C21H27NO. The first-order valence-corrected chi connectivity index (χ1v) is 8.52. The van der Waals surface area contributed by atoms with Crippen LogP contribution in [0.5, 0.6) is 0 Å². The summed E-state index contributed by atoms with van der Waals surface area (Å²) in [5.41, 5.74) is 4.37. The van der Waals surface area contributed by atoms with Crippen molar-refractivity contribution in [3.05, 3.63) is 65.2 Å². The number of para-hydroxylation sites is 1. The molecular weight excluding hydrogens is 282 g/mol. The molecule has 1 N–H and O–H groups in total. The molecule has 23 heavy (non-hydrogen) atoms. The Morgan fingerprint density at radius 1 is 1.04 bits per heavy atom. The summed E-state index contributed by atoms with van der Waals surface area (Å²) in [6.07, 6.45) is 1.89. The summed E-state index contributed by atoms with van der Waals surface area (Å²) >= 11 is 0. The van der Waals surface area contributed by atoms with E-state index in [1.54, 1.807) is 0 Å². The molecule has 0 heterocycles. The minimum absolute atomic E-state index is 0.0922. The summed E-state index contributed by atoms with van der Waals surface area (Å²) in [5, 5.41) is 3.20. The van der Waals surface area contributed by atoms with Crippen LogP contribution in [0, 0.1) is 12.8 Å². The van der Waals surface area contributed by atoms with Gasteiger partial charge in [-0.3, -0.25) is 4.79 Å². The molecule has 2 heteroatoms. The van der Waals surface area contributed by atoms with Crippen molar-refractivity contribution in [2.24, 2.45) is 5.92 Å². The van der Waals surface area contributed by atoms with Gasteiger partial charge in [-0.2, -0.15) is 0 Å². The van der Waals surface area contributed by atoms with Gasteiger partial charge in [-0.25, -0.2) is 0 Å². The average Bonchev–Trinajstić information content (AvgIpc) is 2.57. The molecule has 0 aliphatic carbocycles. The zero-order chi connectivity index (χ0) is 16.8. The number of rotatable bonds is 6. The molecule has 122 valence electrons. The fourth-order valence-electron chi connectivity index (χ4n) is 3.04. The minimum Gasteiger partial charge on any atom is -0.325 e. The molecule has 2 rings (SSSR count). The van der Waals surface area contributed by atoms with E-state index >= 15 is 0 Å². The van der Waals surface area contributed by atoms with Gasteiger partial charge in [-0.05, 0) is 36.0 Å². The van der Waals surface area contributed by atoms with Crippen LogP contribution in [-0.2, 0) is 11.2 Å². The Morgan fingerprint density at radius 3 is 2.35 bits per heavy atom. The molecule has 0 aliphatic rings. The van der Waals surface area contributed by atoms with E-state index in [2.05, 4.69) is 57.3 Å². The molecule has 0 aliphatic heterocycles. The number of carbonyl (C=O) groups is 1. The van der Waals surface area contributed by atoms with Crippen LogP contribution in [-0.4, -0.2) is 5.91 Å². The van der Waals surface area contributed by atoms with E-state index < -0.39 is 0 Å². The topological polar surface area (TPSA) is 29.1 Å². The Morgan fingerprint density at radius 2 is 1.74 bits per heavy atom. The quantitative estimate of drug-likeness (QED) is 0.768. The predicted octanol–water partition coefficient (Wildman–Crippen LogP) is 5.33. The third-order valence-electron chi connectivity index (χ3n) is 4.64. The lowest BCUT2D eigenvalue weighted by molar-refractivity contribution is -0.118. The molecule has 0 spiro atoms. The Hall–Kier alpha value is -2.09. The maximum absolute atomic E-state index is 13.0. The van der Waals surface area contributed by atoms with E-state index in [9.17, 15) is 4.79 Å². The van der Waals surface area contributed by atoms with Crippen molar-refractivity contribution in [3.8, 4) is 0 Å². The van der Waals surface area contributed by atoms with Gasteiger partial charge in [0.25, 0.3) is 0 Å². The molecule has 0 bridgehead atoms. The van der Waals surface area contributed by atoms with E-state index in [1.807, 2.05) is 24.3 Å². The maximum Gasteiger partial charge on any atom is 0.232 e. The smallest absolute Gasteiger partial charge is 0.232 e. The zero-order valence-corrected chi connectivity index (χ0v) is 14.6. The van der Waals surface area contributed by atoms with Crippen molar-refractivity contribution in [2.45, 2.75) is 46.5 Å². The van der Waals surface area contributed by atoms with Crippen molar-refractivity contribution in [1.82, 2.24) is 0 Å². The van der Waals surface area contributed by atoms with Gasteiger partial charge < -0.3 is 5.32 Å². The van der Waals surface area contributed by atoms with E-state index in [4.69, 9.17) is 0 Å². The van der Waals surface area contributed by atoms with Gasteiger partial charge in [0.1, 0.15) is 0 Å². The second kappa shape index (κ2) is 7.96. The Bertz CT molecular complexity index is 648. The highest BCUT2D eigenvalue weighted by molar-refractivity contribution is 5.97. The summed E-state index contributed by atoms with van der Waals surface area (Å²) in [7, 11) is 0. The number of hydrogen-bond donors (Lipinski definition) is 1. The fourth-order valence-corrected chi connectivity index (χ4v) is 3.04. The SMILES string of the molecule is CCc1cccc(C)c1NC(=O)[C@H](c1ccccc1)[C@H](C)CC. The van der Waals surface area contributed by atoms with Gasteiger partial charge in [0.15, 0.2) is 0 Å². The average molecular weight is 309 g/mol. The molecule has 0 aromatic heterocycles. The Balaban J connectivity index is 2.33. The van der Waals surface area contributed by atoms with Crippen molar-refractivity contribution >= 4 is 11.6 Å². The third-order valence-corrected chi connectivity index (χ3v) is 4.64. The fraction of sp³-hybridized carbons (Fsp3) is 0.381. The summed E-state index contributed by atoms with van der Waals surface area (Å²) < 4.78 is 0. The van der Waals surface area contributed by atoms with E-state index in [1.165, 1.54) is 5.56 Å². The Labute approximate surface area is 139 Å². The minimum atomic E-state index is -0.120. The molecule has 0 unspecified atom stereocenters. The predicted molar refractivity (Wildman–Crippen MR) is 97.8 cm³/mol. The van der Waals surface area contributed by atoms with Crippen molar-refractivity contribution in [2.75, 3.05) is 5.32 Å². The normalized spacial score (nSPS) is 13.4. The monoisotopic (exact) mass is 309 g/mol. The first kappa shape index (κ1) is 17.3. The third kappa shape index (κ3) is 4.01. The van der Waals surface area contributed by atoms with Gasteiger partial charge in [-0.15, -0.1) is 0 Å². The summed E-state index contributed by atoms with van der Waals surface area (Å²) in [4.78, 5) is 13.0. The molecule has 0 saturated carbocycles. The highest BCUT2D eigenvalue weighted by Crippen LogP contribution is 2.30. The van der Waals surface area contributed by atoms with Gasteiger partial charge in [0.05, 0.1) is 5.92 Å². The van der Waals surface area contributed by atoms with Crippen LogP contribution < -0.4 is 5.32 Å². The van der Waals surface area contributed by atoms with Crippen LogP contribution >= 0.6 is 0 Å². The van der Waals surface area contributed by atoms with Crippen molar-refractivity contribution in [3.63, 3.8) is 0 Å². The molecule has 0 fully saturated rings. The summed E-state index contributed by atoms with van der Waals surface area (Å²) in [6.45, 7) is 8.46. The zero-order valence-electron chi connectivity index (χ0n) is 14.6. The number of anilines is 1. The largest absolute Gasteiger partial charge is 0.325 e. The van der Waals surface area contributed by atoms with Crippen LogP contribution in [0.15, 0.2) is 48.5 Å². The molecule has 0 saturated heterocycles. The highest BCUT2D eigenvalue weighted by Gasteiger charge is 2.26. The molecule has 2 aromatic rings.